The second-order valence-electron chi connectivity index (χ2n) is 7.77. The van der Waals surface area contributed by atoms with Crippen molar-refractivity contribution < 1.29 is 0 Å². The van der Waals surface area contributed by atoms with Crippen LogP contribution in [0.1, 0.15) is 11.1 Å². The quantitative estimate of drug-likeness (QED) is 0.276. The van der Waals surface area contributed by atoms with Crippen molar-refractivity contribution in [3.63, 3.8) is 0 Å². The van der Waals surface area contributed by atoms with E-state index in [0.29, 0.717) is 5.02 Å². The molecule has 0 spiro atoms. The lowest BCUT2D eigenvalue weighted by Crippen LogP contribution is -2.11. The van der Waals surface area contributed by atoms with E-state index in [9.17, 15) is 0 Å². The zero-order valence-corrected chi connectivity index (χ0v) is 20.7. The van der Waals surface area contributed by atoms with E-state index in [-0.39, 0.29) is 0 Å². The zero-order chi connectivity index (χ0) is 24.0. The van der Waals surface area contributed by atoms with Crippen LogP contribution in [0.4, 0.5) is 17.1 Å². The van der Waals surface area contributed by atoms with Gasteiger partial charge in [0.15, 0.2) is 0 Å². The fraction of sp³-hybridized carbons (Fsp3) is 0.0345. The Morgan fingerprint density at radius 3 is 2.23 bits per heavy atom. The van der Waals surface area contributed by atoms with Crippen LogP contribution in [0, 0.1) is 0 Å². The number of nitrogens with zero attached hydrogens (tertiary/aromatic N) is 3. The minimum Gasteiger partial charge on any atom is -0.386 e. The molecule has 0 fully saturated rings. The third-order valence-corrected chi connectivity index (χ3v) is 6.70. The van der Waals surface area contributed by atoms with E-state index in [4.69, 9.17) is 21.7 Å². The highest BCUT2D eigenvalue weighted by atomic mass is 35.5. The van der Waals surface area contributed by atoms with Crippen molar-refractivity contribution >= 4 is 51.2 Å². The van der Waals surface area contributed by atoms with Gasteiger partial charge >= 0.3 is 0 Å². The molecular formula is C29H23ClN4S. The van der Waals surface area contributed by atoms with E-state index in [2.05, 4.69) is 35.7 Å². The lowest BCUT2D eigenvalue weighted by atomic mass is 10.1. The van der Waals surface area contributed by atoms with E-state index in [1.807, 2.05) is 97.0 Å². The van der Waals surface area contributed by atoms with Gasteiger partial charge in [0.05, 0.1) is 22.8 Å². The molecule has 172 valence electrons. The van der Waals surface area contributed by atoms with Crippen molar-refractivity contribution in [2.45, 2.75) is 0 Å². The predicted molar refractivity (Wildman–Crippen MR) is 151 cm³/mol. The van der Waals surface area contributed by atoms with E-state index in [1.165, 1.54) is 0 Å². The van der Waals surface area contributed by atoms with Crippen LogP contribution in [0.5, 0.6) is 0 Å². The smallest absolute Gasteiger partial charge is 0.131 e. The maximum atomic E-state index is 6.12. The Labute approximate surface area is 214 Å². The van der Waals surface area contributed by atoms with Gasteiger partial charge in [-0.1, -0.05) is 84.4 Å². The van der Waals surface area contributed by atoms with Gasteiger partial charge in [0.2, 0.25) is 0 Å². The van der Waals surface area contributed by atoms with Crippen molar-refractivity contribution in [1.29, 1.82) is 0 Å². The average Bonchev–Trinajstić information content (AvgIpc) is 3.34. The zero-order valence-electron chi connectivity index (χ0n) is 19.1. The Bertz CT molecular complexity index is 1400. The van der Waals surface area contributed by atoms with Crippen molar-refractivity contribution in [2.75, 3.05) is 17.4 Å². The summed E-state index contributed by atoms with van der Waals surface area (Å²) in [4.78, 5) is 5.07. The number of anilines is 2. The van der Waals surface area contributed by atoms with Gasteiger partial charge in [0, 0.05) is 23.2 Å². The summed E-state index contributed by atoms with van der Waals surface area (Å²) in [5.41, 5.74) is 5.72. The normalized spacial score (nSPS) is 14.8. The minimum absolute atomic E-state index is 0.703. The van der Waals surface area contributed by atoms with Crippen LogP contribution in [-0.2, 0) is 0 Å². The molecule has 0 bridgehead atoms. The van der Waals surface area contributed by atoms with Crippen LogP contribution in [0.3, 0.4) is 0 Å². The van der Waals surface area contributed by atoms with Gasteiger partial charge in [-0.25, -0.2) is 10.0 Å². The molecule has 4 aromatic carbocycles. The van der Waals surface area contributed by atoms with Gasteiger partial charge in [0.1, 0.15) is 10.1 Å². The maximum absolute atomic E-state index is 6.12. The third kappa shape index (κ3) is 5.32. The first-order valence-electron chi connectivity index (χ1n) is 11.2. The number of nitrogens with one attached hydrogen (secondary N) is 1. The highest BCUT2D eigenvalue weighted by molar-refractivity contribution is 8.18. The molecule has 0 radical (unpaired) electrons. The number of hydrogen-bond acceptors (Lipinski definition) is 5. The van der Waals surface area contributed by atoms with Gasteiger partial charge < -0.3 is 5.32 Å². The van der Waals surface area contributed by atoms with E-state index < -0.39 is 0 Å². The third-order valence-electron chi connectivity index (χ3n) is 5.44. The first-order chi connectivity index (χ1) is 17.2. The van der Waals surface area contributed by atoms with Crippen LogP contribution >= 0.6 is 23.4 Å². The number of benzene rings is 4. The van der Waals surface area contributed by atoms with E-state index in [1.54, 1.807) is 11.8 Å². The number of aliphatic imine (C=N–C) groups is 1. The van der Waals surface area contributed by atoms with Gasteiger partial charge in [-0.15, -0.1) is 0 Å². The summed E-state index contributed by atoms with van der Waals surface area (Å²) in [7, 11) is 1.91. The van der Waals surface area contributed by atoms with E-state index in [0.717, 1.165) is 44.0 Å². The molecule has 5 rings (SSSR count). The summed E-state index contributed by atoms with van der Waals surface area (Å²) in [5, 5.41) is 12.7. The summed E-state index contributed by atoms with van der Waals surface area (Å²) >= 11 is 7.73. The fourth-order valence-corrected chi connectivity index (χ4v) is 4.78. The molecule has 1 aliphatic rings. The number of thioether (sulfide) groups is 1. The van der Waals surface area contributed by atoms with Crippen molar-refractivity contribution in [1.82, 2.24) is 0 Å². The topological polar surface area (TPSA) is 40.0 Å². The molecule has 0 aliphatic carbocycles. The fourth-order valence-electron chi connectivity index (χ4n) is 3.68. The van der Waals surface area contributed by atoms with Crippen molar-refractivity contribution in [3.8, 4) is 0 Å². The number of hydrazone groups is 1. The van der Waals surface area contributed by atoms with Crippen LogP contribution in [-0.4, -0.2) is 17.8 Å². The molecule has 1 heterocycles. The summed E-state index contributed by atoms with van der Waals surface area (Å²) in [5.74, 6) is 0. The molecule has 1 N–H and O–H groups in total. The number of allylic oxidation sites excluding steroid dienone is 1. The summed E-state index contributed by atoms with van der Waals surface area (Å²) in [6, 6.07) is 36.2. The Hall–Kier alpha value is -3.80. The molecule has 0 saturated carbocycles. The number of hydrogen-bond donors (Lipinski definition) is 1. The Morgan fingerprint density at radius 2 is 1.51 bits per heavy atom. The molecule has 35 heavy (non-hydrogen) atoms. The van der Waals surface area contributed by atoms with Crippen molar-refractivity contribution in [2.24, 2.45) is 10.1 Å². The number of halogens is 1. The standard InChI is InChI=1S/C29H23ClN4S/c1-31-25-14-8-9-15-26(25)32-27(21-10-4-2-5-11-21)20-28-34(24-12-6-3-7-13-24)33-29(35-28)22-16-18-23(30)19-17-22/h2-20,31H,1H3. The van der Waals surface area contributed by atoms with Crippen LogP contribution < -0.4 is 10.3 Å². The predicted octanol–water partition coefficient (Wildman–Crippen LogP) is 7.96. The Morgan fingerprint density at radius 1 is 0.857 bits per heavy atom. The van der Waals surface area contributed by atoms with Crippen molar-refractivity contribution in [3.05, 3.63) is 136 Å². The molecule has 0 amide bonds. The van der Waals surface area contributed by atoms with Gasteiger partial charge in [-0.2, -0.15) is 5.10 Å². The first-order valence-corrected chi connectivity index (χ1v) is 12.4. The van der Waals surface area contributed by atoms with E-state index >= 15 is 0 Å². The maximum Gasteiger partial charge on any atom is 0.131 e. The lowest BCUT2D eigenvalue weighted by molar-refractivity contribution is 1.08. The monoisotopic (exact) mass is 494 g/mol. The largest absolute Gasteiger partial charge is 0.386 e. The summed E-state index contributed by atoms with van der Waals surface area (Å²) < 4.78 is 0. The second-order valence-corrected chi connectivity index (χ2v) is 9.22. The second kappa shape index (κ2) is 10.6. The summed E-state index contributed by atoms with van der Waals surface area (Å²) in [6.45, 7) is 0. The molecule has 4 aromatic rings. The van der Waals surface area contributed by atoms with Crippen LogP contribution in [0.25, 0.3) is 0 Å². The number of para-hydroxylation sites is 3. The van der Waals surface area contributed by atoms with Gasteiger partial charge in [0.25, 0.3) is 0 Å². The van der Waals surface area contributed by atoms with Crippen LogP contribution in [0.15, 0.2) is 130 Å². The molecule has 0 aromatic heterocycles. The molecule has 0 atom stereocenters. The van der Waals surface area contributed by atoms with Crippen LogP contribution in [0.2, 0.25) is 5.02 Å². The molecule has 0 unspecified atom stereocenters. The molecule has 4 nitrogen and oxygen atoms in total. The lowest BCUT2D eigenvalue weighted by Gasteiger charge is -2.16. The highest BCUT2D eigenvalue weighted by Crippen LogP contribution is 2.37. The molecule has 0 saturated heterocycles. The van der Waals surface area contributed by atoms with Gasteiger partial charge in [-0.3, -0.25) is 0 Å². The minimum atomic E-state index is 0.703. The molecule has 1 aliphatic heterocycles. The highest BCUT2D eigenvalue weighted by Gasteiger charge is 2.25. The van der Waals surface area contributed by atoms with Gasteiger partial charge in [-0.05, 0) is 54.2 Å². The Kier molecular flexibility index (Phi) is 6.98. The molecule has 6 heteroatoms. The SMILES string of the molecule is CNc1ccccc1N=C(C=C1SC(c2ccc(Cl)cc2)=NN1c1ccccc1)c1ccccc1. The summed E-state index contributed by atoms with van der Waals surface area (Å²) in [6.07, 6.45) is 2.10. The molecular weight excluding hydrogens is 472 g/mol. The Balaban J connectivity index is 1.62. The average molecular weight is 495 g/mol. The number of rotatable bonds is 6. The first kappa shape index (κ1) is 23.0.